The molecule has 12 heavy (non-hydrogen) atoms. The van der Waals surface area contributed by atoms with E-state index in [1.165, 1.54) is 24.1 Å². The lowest BCUT2D eigenvalue weighted by Gasteiger charge is -2.27. The van der Waals surface area contributed by atoms with Gasteiger partial charge in [-0.2, -0.15) is 0 Å². The first-order valence-corrected chi connectivity index (χ1v) is 4.32. The van der Waals surface area contributed by atoms with E-state index in [1.807, 2.05) is 12.1 Å². The molecule has 1 nitrogen and oxygen atoms in total. The third kappa shape index (κ3) is 1.64. The molecule has 1 heterocycles. The van der Waals surface area contributed by atoms with E-state index in [1.54, 1.807) is 0 Å². The topological polar surface area (TPSA) is 12.0 Å². The van der Waals surface area contributed by atoms with Crippen LogP contribution < -0.4 is 5.32 Å². The zero-order valence-corrected chi connectivity index (χ0v) is 6.89. The molecule has 0 aromatic heterocycles. The Morgan fingerprint density at radius 1 is 1.33 bits per heavy atom. The maximum atomic E-state index is 12.5. The van der Waals surface area contributed by atoms with Gasteiger partial charge in [0.2, 0.25) is 0 Å². The molecule has 1 atom stereocenters. The summed E-state index contributed by atoms with van der Waals surface area (Å²) in [5.74, 6) is -0.152. The smallest absolute Gasteiger partial charge is 0.123 e. The van der Waals surface area contributed by atoms with Crippen molar-refractivity contribution in [3.05, 3.63) is 35.6 Å². The highest BCUT2D eigenvalue weighted by atomic mass is 19.1. The Labute approximate surface area is 71.6 Å². The molecule has 0 amide bonds. The number of hydrogen-bond donors (Lipinski definition) is 1. The van der Waals surface area contributed by atoms with Crippen molar-refractivity contribution in [2.24, 2.45) is 0 Å². The van der Waals surface area contributed by atoms with Gasteiger partial charge < -0.3 is 5.32 Å². The largest absolute Gasteiger partial charge is 0.314 e. The predicted molar refractivity (Wildman–Crippen MR) is 46.5 cm³/mol. The molecule has 1 fully saturated rings. The fourth-order valence-electron chi connectivity index (χ4n) is 1.43. The number of nitrogens with one attached hydrogen (secondary N) is 1. The minimum absolute atomic E-state index is 0.152. The van der Waals surface area contributed by atoms with Crippen LogP contribution in [0.4, 0.5) is 4.39 Å². The van der Waals surface area contributed by atoms with E-state index in [-0.39, 0.29) is 5.82 Å². The lowest BCUT2D eigenvalue weighted by molar-refractivity contribution is 0.369. The Balaban J connectivity index is 1.98. The van der Waals surface area contributed by atoms with Crippen LogP contribution in [-0.4, -0.2) is 12.6 Å². The number of halogens is 1. The molecule has 1 saturated heterocycles. The number of hydrogen-bond acceptors (Lipinski definition) is 1. The minimum Gasteiger partial charge on any atom is -0.314 e. The Hall–Kier alpha value is -0.890. The van der Waals surface area contributed by atoms with E-state index in [2.05, 4.69) is 5.32 Å². The van der Waals surface area contributed by atoms with Crippen LogP contribution in [0.2, 0.25) is 0 Å². The third-order valence-corrected chi connectivity index (χ3v) is 2.32. The first kappa shape index (κ1) is 7.74. The number of rotatable bonds is 2. The minimum atomic E-state index is -0.152. The van der Waals surface area contributed by atoms with E-state index < -0.39 is 0 Å². The average molecular weight is 165 g/mol. The molecule has 1 N–H and O–H groups in total. The molecule has 0 saturated carbocycles. The average Bonchev–Trinajstić information content (AvgIpc) is 2.00. The number of benzene rings is 1. The summed E-state index contributed by atoms with van der Waals surface area (Å²) in [6.45, 7) is 1.13. The molecule has 0 bridgehead atoms. The molecular formula is C10H12FN. The SMILES string of the molecule is Fc1ccc(CC2CCN2)cc1. The van der Waals surface area contributed by atoms with Gasteiger partial charge in [0.25, 0.3) is 0 Å². The molecule has 2 rings (SSSR count). The van der Waals surface area contributed by atoms with Crippen LogP contribution in [0.5, 0.6) is 0 Å². The summed E-state index contributed by atoms with van der Waals surface area (Å²) in [4.78, 5) is 0. The summed E-state index contributed by atoms with van der Waals surface area (Å²) in [7, 11) is 0. The fourth-order valence-corrected chi connectivity index (χ4v) is 1.43. The van der Waals surface area contributed by atoms with Crippen LogP contribution in [0.3, 0.4) is 0 Å². The molecule has 0 radical (unpaired) electrons. The molecule has 1 aliphatic heterocycles. The monoisotopic (exact) mass is 165 g/mol. The zero-order valence-electron chi connectivity index (χ0n) is 6.89. The predicted octanol–water partition coefficient (Wildman–Crippen LogP) is 1.73. The van der Waals surface area contributed by atoms with Crippen molar-refractivity contribution in [3.8, 4) is 0 Å². The second kappa shape index (κ2) is 3.23. The highest BCUT2D eigenvalue weighted by molar-refractivity contribution is 5.17. The molecular weight excluding hydrogens is 153 g/mol. The molecule has 1 aliphatic rings. The molecule has 64 valence electrons. The van der Waals surface area contributed by atoms with Gasteiger partial charge >= 0.3 is 0 Å². The van der Waals surface area contributed by atoms with E-state index in [9.17, 15) is 4.39 Å². The quantitative estimate of drug-likeness (QED) is 0.703. The first-order valence-electron chi connectivity index (χ1n) is 4.32. The third-order valence-electron chi connectivity index (χ3n) is 2.32. The second-order valence-electron chi connectivity index (χ2n) is 3.27. The summed E-state index contributed by atoms with van der Waals surface area (Å²) in [5, 5.41) is 3.31. The highest BCUT2D eigenvalue weighted by Gasteiger charge is 2.15. The van der Waals surface area contributed by atoms with Gasteiger partial charge in [0.15, 0.2) is 0 Å². The summed E-state index contributed by atoms with van der Waals surface area (Å²) in [5.41, 5.74) is 1.22. The van der Waals surface area contributed by atoms with Crippen molar-refractivity contribution in [3.63, 3.8) is 0 Å². The van der Waals surface area contributed by atoms with Crippen LogP contribution in [0.15, 0.2) is 24.3 Å². The first-order chi connectivity index (χ1) is 5.84. The van der Waals surface area contributed by atoms with Crippen molar-refractivity contribution in [1.29, 1.82) is 0 Å². The lowest BCUT2D eigenvalue weighted by Crippen LogP contribution is -2.44. The van der Waals surface area contributed by atoms with E-state index in [0.29, 0.717) is 6.04 Å². The second-order valence-corrected chi connectivity index (χ2v) is 3.27. The summed E-state index contributed by atoms with van der Waals surface area (Å²) < 4.78 is 12.5. The molecule has 0 aliphatic carbocycles. The van der Waals surface area contributed by atoms with E-state index in [4.69, 9.17) is 0 Å². The van der Waals surface area contributed by atoms with Crippen molar-refractivity contribution >= 4 is 0 Å². The van der Waals surface area contributed by atoms with Crippen LogP contribution in [0.1, 0.15) is 12.0 Å². The van der Waals surface area contributed by atoms with Gasteiger partial charge in [-0.15, -0.1) is 0 Å². The van der Waals surface area contributed by atoms with Crippen LogP contribution >= 0.6 is 0 Å². The Bertz CT molecular complexity index is 251. The zero-order chi connectivity index (χ0) is 8.39. The Kier molecular flexibility index (Phi) is 2.09. The summed E-state index contributed by atoms with van der Waals surface area (Å²) in [6, 6.07) is 7.38. The summed E-state index contributed by atoms with van der Waals surface area (Å²) >= 11 is 0. The maximum Gasteiger partial charge on any atom is 0.123 e. The Morgan fingerprint density at radius 3 is 2.50 bits per heavy atom. The molecule has 1 unspecified atom stereocenters. The maximum absolute atomic E-state index is 12.5. The molecule has 1 aromatic rings. The van der Waals surface area contributed by atoms with Gasteiger partial charge in [-0.3, -0.25) is 0 Å². The van der Waals surface area contributed by atoms with Gasteiger partial charge in [0, 0.05) is 6.04 Å². The Morgan fingerprint density at radius 2 is 2.00 bits per heavy atom. The summed E-state index contributed by atoms with van der Waals surface area (Å²) in [6.07, 6.45) is 2.28. The van der Waals surface area contributed by atoms with Gasteiger partial charge in [-0.25, -0.2) is 4.39 Å². The molecule has 0 spiro atoms. The molecule has 2 heteroatoms. The van der Waals surface area contributed by atoms with Crippen molar-refractivity contribution in [2.45, 2.75) is 18.9 Å². The van der Waals surface area contributed by atoms with Crippen molar-refractivity contribution < 1.29 is 4.39 Å². The van der Waals surface area contributed by atoms with Gasteiger partial charge in [-0.05, 0) is 37.1 Å². The fraction of sp³-hybridized carbons (Fsp3) is 0.400. The lowest BCUT2D eigenvalue weighted by atomic mass is 9.98. The van der Waals surface area contributed by atoms with Crippen LogP contribution in [0.25, 0.3) is 0 Å². The molecule has 1 aromatic carbocycles. The highest BCUT2D eigenvalue weighted by Crippen LogP contribution is 2.11. The van der Waals surface area contributed by atoms with Gasteiger partial charge in [0.1, 0.15) is 5.82 Å². The van der Waals surface area contributed by atoms with Crippen LogP contribution in [-0.2, 0) is 6.42 Å². The normalized spacial score (nSPS) is 21.9. The van der Waals surface area contributed by atoms with Gasteiger partial charge in [0.05, 0.1) is 0 Å². The van der Waals surface area contributed by atoms with E-state index >= 15 is 0 Å². The van der Waals surface area contributed by atoms with Crippen LogP contribution in [0, 0.1) is 5.82 Å². The standard InChI is InChI=1S/C10H12FN/c11-9-3-1-8(2-4-9)7-10-5-6-12-10/h1-4,10,12H,5-7H2. The van der Waals surface area contributed by atoms with Gasteiger partial charge in [-0.1, -0.05) is 12.1 Å². The van der Waals surface area contributed by atoms with Crippen molar-refractivity contribution in [1.82, 2.24) is 5.32 Å². The van der Waals surface area contributed by atoms with E-state index in [0.717, 1.165) is 13.0 Å². The van der Waals surface area contributed by atoms with Crippen molar-refractivity contribution in [2.75, 3.05) is 6.54 Å².